The van der Waals surface area contributed by atoms with E-state index in [1.165, 1.54) is 35.5 Å². The highest BCUT2D eigenvalue weighted by Crippen LogP contribution is 2.34. The molecule has 8 heteroatoms. The van der Waals surface area contributed by atoms with E-state index in [1.54, 1.807) is 18.2 Å². The summed E-state index contributed by atoms with van der Waals surface area (Å²) in [4.78, 5) is 24.1. The molecule has 0 radical (unpaired) electrons. The molecule has 1 fully saturated rings. The Balaban J connectivity index is 1.49. The van der Waals surface area contributed by atoms with Gasteiger partial charge in [0.05, 0.1) is 15.5 Å². The van der Waals surface area contributed by atoms with Crippen LogP contribution in [0.1, 0.15) is 28.6 Å². The number of hydrogen-bond acceptors (Lipinski definition) is 5. The number of furan rings is 1. The van der Waals surface area contributed by atoms with Gasteiger partial charge in [0.25, 0.3) is 5.91 Å². The number of carboxylic acid groups (broad SMARTS) is 1. The zero-order chi connectivity index (χ0) is 22.0. The lowest BCUT2D eigenvalue weighted by molar-refractivity contribution is -0.116. The lowest BCUT2D eigenvalue weighted by Crippen LogP contribution is -2.30. The minimum atomic E-state index is -1.05. The largest absolute Gasteiger partial charge is 0.478 e. The Bertz CT molecular complexity index is 1170. The van der Waals surface area contributed by atoms with Crippen molar-refractivity contribution < 1.29 is 19.1 Å². The van der Waals surface area contributed by atoms with Crippen LogP contribution < -0.4 is 10.6 Å². The van der Waals surface area contributed by atoms with Crippen molar-refractivity contribution in [2.75, 3.05) is 5.32 Å². The molecule has 4 rings (SSSR count). The van der Waals surface area contributed by atoms with Gasteiger partial charge < -0.3 is 20.2 Å². The number of halogens is 1. The van der Waals surface area contributed by atoms with Crippen molar-refractivity contribution in [3.8, 4) is 11.3 Å². The third-order valence-electron chi connectivity index (χ3n) is 4.77. The fourth-order valence-corrected chi connectivity index (χ4v) is 4.28. The van der Waals surface area contributed by atoms with E-state index in [4.69, 9.17) is 16.0 Å². The minimum Gasteiger partial charge on any atom is -0.478 e. The first kappa shape index (κ1) is 21.1. The third kappa shape index (κ3) is 4.78. The van der Waals surface area contributed by atoms with E-state index in [1.807, 2.05) is 12.1 Å². The molecule has 0 bridgehead atoms. The fraction of sp³-hybridized carbons (Fsp3) is 0.130. The highest BCUT2D eigenvalue weighted by atomic mass is 35.5. The van der Waals surface area contributed by atoms with Crippen LogP contribution in [0.2, 0.25) is 5.02 Å². The van der Waals surface area contributed by atoms with Crippen molar-refractivity contribution in [3.63, 3.8) is 0 Å². The molecule has 0 saturated carbocycles. The second-order valence-corrected chi connectivity index (χ2v) is 8.43. The van der Waals surface area contributed by atoms with Crippen LogP contribution in [0.4, 0.5) is 5.69 Å². The van der Waals surface area contributed by atoms with Gasteiger partial charge in [-0.05, 0) is 54.4 Å². The molecule has 1 aliphatic rings. The van der Waals surface area contributed by atoms with Crippen LogP contribution in [0.5, 0.6) is 0 Å². The Labute approximate surface area is 188 Å². The van der Waals surface area contributed by atoms with Crippen LogP contribution in [0.3, 0.4) is 0 Å². The molecule has 3 aromatic rings. The summed E-state index contributed by atoms with van der Waals surface area (Å²) in [5.41, 5.74) is 2.47. The molecule has 1 aromatic heterocycles. The van der Waals surface area contributed by atoms with Gasteiger partial charge in [-0.2, -0.15) is 0 Å². The maximum absolute atomic E-state index is 12.4. The van der Waals surface area contributed by atoms with Gasteiger partial charge in [0.15, 0.2) is 5.50 Å². The average molecular weight is 455 g/mol. The highest BCUT2D eigenvalue weighted by molar-refractivity contribution is 8.05. The predicted octanol–water partition coefficient (Wildman–Crippen LogP) is 5.46. The van der Waals surface area contributed by atoms with Crippen LogP contribution in [-0.2, 0) is 11.2 Å². The number of carbonyl (C=O) groups is 2. The van der Waals surface area contributed by atoms with Crippen molar-refractivity contribution in [2.45, 2.75) is 18.8 Å². The maximum Gasteiger partial charge on any atom is 0.335 e. The number of carbonyl (C=O) groups excluding carboxylic acids is 1. The topological polar surface area (TPSA) is 91.6 Å². The molecule has 2 aromatic carbocycles. The standard InChI is InChI=1S/C23H19ClN2O4S/c1-2-13-3-6-15(7-4-13)25-23-26-21(27)20(31-23)12-16-8-10-19(30-16)17-11-14(22(28)29)5-9-18(17)24/h3-12,23,25H,2H2,1H3,(H,26,27)(H,28,29)/b20-12-/t23-/m1/s1. The van der Waals surface area contributed by atoms with Crippen LogP contribution in [-0.4, -0.2) is 22.5 Å². The third-order valence-corrected chi connectivity index (χ3v) is 6.13. The van der Waals surface area contributed by atoms with E-state index in [2.05, 4.69) is 29.7 Å². The highest BCUT2D eigenvalue weighted by Gasteiger charge is 2.27. The number of aromatic carboxylic acids is 1. The first-order chi connectivity index (χ1) is 14.9. The van der Waals surface area contributed by atoms with Gasteiger partial charge in [0.2, 0.25) is 0 Å². The van der Waals surface area contributed by atoms with Crippen LogP contribution in [0.15, 0.2) is 63.9 Å². The quantitative estimate of drug-likeness (QED) is 0.428. The smallest absolute Gasteiger partial charge is 0.335 e. The molecule has 0 aliphatic carbocycles. The Hall–Kier alpha value is -3.16. The van der Waals surface area contributed by atoms with Gasteiger partial charge in [-0.25, -0.2) is 4.79 Å². The molecule has 1 aliphatic heterocycles. The summed E-state index contributed by atoms with van der Waals surface area (Å²) in [6.45, 7) is 2.10. The van der Waals surface area contributed by atoms with Crippen LogP contribution in [0.25, 0.3) is 17.4 Å². The number of nitrogens with one attached hydrogen (secondary N) is 2. The molecule has 158 valence electrons. The van der Waals surface area contributed by atoms with Crippen LogP contribution >= 0.6 is 23.4 Å². The van der Waals surface area contributed by atoms with Gasteiger partial charge in [-0.15, -0.1) is 0 Å². The van der Waals surface area contributed by atoms with E-state index < -0.39 is 5.97 Å². The molecule has 0 spiro atoms. The molecule has 6 nitrogen and oxygen atoms in total. The van der Waals surface area contributed by atoms with Gasteiger partial charge in [0, 0.05) is 17.3 Å². The van der Waals surface area contributed by atoms with E-state index >= 15 is 0 Å². The summed E-state index contributed by atoms with van der Waals surface area (Å²) in [7, 11) is 0. The second-order valence-electron chi connectivity index (χ2n) is 6.88. The summed E-state index contributed by atoms with van der Waals surface area (Å²) >= 11 is 7.57. The Morgan fingerprint density at radius 3 is 2.71 bits per heavy atom. The van der Waals surface area contributed by atoms with Crippen LogP contribution in [0, 0.1) is 0 Å². The molecule has 1 atom stereocenters. The number of amides is 1. The van der Waals surface area contributed by atoms with E-state index in [0.29, 0.717) is 27.0 Å². The molecule has 0 unspecified atom stereocenters. The van der Waals surface area contributed by atoms with Crippen molar-refractivity contribution in [3.05, 3.63) is 81.4 Å². The van der Waals surface area contributed by atoms with E-state index in [9.17, 15) is 14.7 Å². The number of aryl methyl sites for hydroxylation is 1. The lowest BCUT2D eigenvalue weighted by atomic mass is 10.1. The predicted molar refractivity (Wildman–Crippen MR) is 123 cm³/mol. The van der Waals surface area contributed by atoms with Crippen molar-refractivity contribution in [2.24, 2.45) is 0 Å². The van der Waals surface area contributed by atoms with Crippen molar-refractivity contribution in [1.82, 2.24) is 5.32 Å². The summed E-state index contributed by atoms with van der Waals surface area (Å²) in [5.74, 6) is -0.350. The zero-order valence-electron chi connectivity index (χ0n) is 16.5. The van der Waals surface area contributed by atoms with Gasteiger partial charge in [-0.3, -0.25) is 4.79 Å². The summed E-state index contributed by atoms with van der Waals surface area (Å²) in [5, 5.41) is 15.7. The second kappa shape index (κ2) is 8.91. The molecule has 31 heavy (non-hydrogen) atoms. The first-order valence-corrected chi connectivity index (χ1v) is 10.9. The molecule has 3 N–H and O–H groups in total. The molecule has 1 saturated heterocycles. The Kier molecular flexibility index (Phi) is 6.06. The number of hydrogen-bond donors (Lipinski definition) is 3. The number of thioether (sulfide) groups is 1. The van der Waals surface area contributed by atoms with Crippen molar-refractivity contribution >= 4 is 47.0 Å². The summed E-state index contributed by atoms with van der Waals surface area (Å²) in [6.07, 6.45) is 2.62. The molecule has 2 heterocycles. The Morgan fingerprint density at radius 2 is 2.00 bits per heavy atom. The number of carboxylic acids is 1. The first-order valence-electron chi connectivity index (χ1n) is 9.60. The number of rotatable bonds is 6. The zero-order valence-corrected chi connectivity index (χ0v) is 18.1. The van der Waals surface area contributed by atoms with Gasteiger partial charge in [-0.1, -0.05) is 42.4 Å². The SMILES string of the molecule is CCc1ccc(N[C@@H]2NC(=O)/C(=C/c3ccc(-c4cc(C(=O)O)ccc4Cl)o3)S2)cc1. The number of benzene rings is 2. The molecular formula is C23H19ClN2O4S. The average Bonchev–Trinajstić information content (AvgIpc) is 3.35. The van der Waals surface area contributed by atoms with Gasteiger partial charge >= 0.3 is 5.97 Å². The molecule has 1 amide bonds. The maximum atomic E-state index is 12.4. The normalized spacial score (nSPS) is 17.0. The van der Waals surface area contributed by atoms with Gasteiger partial charge in [0.1, 0.15) is 11.5 Å². The Morgan fingerprint density at radius 1 is 1.23 bits per heavy atom. The minimum absolute atomic E-state index is 0.113. The van der Waals surface area contributed by atoms with Crippen molar-refractivity contribution in [1.29, 1.82) is 0 Å². The van der Waals surface area contributed by atoms with E-state index in [0.717, 1.165) is 12.1 Å². The number of anilines is 1. The monoisotopic (exact) mass is 454 g/mol. The lowest BCUT2D eigenvalue weighted by Gasteiger charge is -2.12. The summed E-state index contributed by atoms with van der Waals surface area (Å²) < 4.78 is 5.81. The van der Waals surface area contributed by atoms with E-state index in [-0.39, 0.29) is 17.0 Å². The summed E-state index contributed by atoms with van der Waals surface area (Å²) in [6, 6.07) is 15.9. The molecular weight excluding hydrogens is 436 g/mol. The fourth-order valence-electron chi connectivity index (χ4n) is 3.10.